The standard InChI is InChI=1S/C13H15N3O2S/c1-3-18-13(17)8-4-5-10-11(8)15-12(19-10)9-6-7-14-16(9)2/h6-8H,3-5H2,1-2H3. The Labute approximate surface area is 115 Å². The van der Waals surface area contributed by atoms with Crippen molar-refractivity contribution in [1.29, 1.82) is 0 Å². The second-order valence-corrected chi connectivity index (χ2v) is 5.59. The number of hydrogen-bond donors (Lipinski definition) is 0. The number of nitrogens with zero attached hydrogens (tertiary/aromatic N) is 3. The van der Waals surface area contributed by atoms with Gasteiger partial charge in [0.2, 0.25) is 0 Å². The van der Waals surface area contributed by atoms with Gasteiger partial charge in [0.1, 0.15) is 10.9 Å². The van der Waals surface area contributed by atoms with Crippen molar-refractivity contribution >= 4 is 17.3 Å². The molecule has 0 saturated heterocycles. The van der Waals surface area contributed by atoms with Crippen LogP contribution in [0.1, 0.15) is 29.8 Å². The highest BCUT2D eigenvalue weighted by molar-refractivity contribution is 7.15. The van der Waals surface area contributed by atoms with Crippen molar-refractivity contribution in [1.82, 2.24) is 14.8 Å². The summed E-state index contributed by atoms with van der Waals surface area (Å²) in [4.78, 5) is 17.7. The Morgan fingerprint density at radius 3 is 3.16 bits per heavy atom. The third-order valence-electron chi connectivity index (χ3n) is 3.33. The minimum atomic E-state index is -0.187. The summed E-state index contributed by atoms with van der Waals surface area (Å²) in [6.45, 7) is 2.25. The summed E-state index contributed by atoms with van der Waals surface area (Å²) in [6.07, 6.45) is 3.48. The average molecular weight is 277 g/mol. The maximum atomic E-state index is 11.9. The molecule has 19 heavy (non-hydrogen) atoms. The highest BCUT2D eigenvalue weighted by atomic mass is 32.1. The van der Waals surface area contributed by atoms with Gasteiger partial charge in [-0.15, -0.1) is 11.3 Å². The Bertz CT molecular complexity index is 617. The van der Waals surface area contributed by atoms with Crippen LogP contribution in [0, 0.1) is 0 Å². The molecule has 0 spiro atoms. The van der Waals surface area contributed by atoms with Crippen molar-refractivity contribution < 1.29 is 9.53 Å². The lowest BCUT2D eigenvalue weighted by atomic mass is 10.1. The number of rotatable bonds is 3. The van der Waals surface area contributed by atoms with Crippen LogP contribution in [0.25, 0.3) is 10.7 Å². The van der Waals surface area contributed by atoms with E-state index in [4.69, 9.17) is 4.74 Å². The highest BCUT2D eigenvalue weighted by Gasteiger charge is 2.33. The van der Waals surface area contributed by atoms with Crippen LogP contribution in [0.2, 0.25) is 0 Å². The third-order valence-corrected chi connectivity index (χ3v) is 4.48. The molecule has 5 nitrogen and oxygen atoms in total. The number of ether oxygens (including phenoxy) is 1. The summed E-state index contributed by atoms with van der Waals surface area (Å²) in [5, 5.41) is 5.08. The molecular weight excluding hydrogens is 262 g/mol. The third kappa shape index (κ3) is 2.06. The number of thiazole rings is 1. The van der Waals surface area contributed by atoms with E-state index in [-0.39, 0.29) is 11.9 Å². The molecule has 0 fully saturated rings. The van der Waals surface area contributed by atoms with Crippen LogP contribution in [0.3, 0.4) is 0 Å². The van der Waals surface area contributed by atoms with Crippen LogP contribution in [0.4, 0.5) is 0 Å². The van der Waals surface area contributed by atoms with Gasteiger partial charge in [0.05, 0.1) is 18.0 Å². The van der Waals surface area contributed by atoms with Crippen LogP contribution in [-0.2, 0) is 23.0 Å². The fourth-order valence-corrected chi connectivity index (χ4v) is 3.59. The topological polar surface area (TPSA) is 57.0 Å². The first-order valence-electron chi connectivity index (χ1n) is 6.35. The van der Waals surface area contributed by atoms with Crippen molar-refractivity contribution in [3.8, 4) is 10.7 Å². The summed E-state index contributed by atoms with van der Waals surface area (Å²) in [5.74, 6) is -0.337. The Morgan fingerprint density at radius 1 is 1.63 bits per heavy atom. The Hall–Kier alpha value is -1.69. The van der Waals surface area contributed by atoms with E-state index in [1.54, 1.807) is 22.2 Å². The fourth-order valence-electron chi connectivity index (χ4n) is 2.39. The minimum Gasteiger partial charge on any atom is -0.465 e. The van der Waals surface area contributed by atoms with Gasteiger partial charge in [-0.05, 0) is 25.8 Å². The van der Waals surface area contributed by atoms with E-state index in [2.05, 4.69) is 10.1 Å². The van der Waals surface area contributed by atoms with Gasteiger partial charge in [-0.25, -0.2) is 4.98 Å². The van der Waals surface area contributed by atoms with Gasteiger partial charge in [0.25, 0.3) is 0 Å². The van der Waals surface area contributed by atoms with E-state index < -0.39 is 0 Å². The predicted octanol–water partition coefficient (Wildman–Crippen LogP) is 2.14. The molecule has 1 aliphatic carbocycles. The molecule has 2 heterocycles. The van der Waals surface area contributed by atoms with E-state index in [1.165, 1.54) is 4.88 Å². The minimum absolute atomic E-state index is 0.150. The zero-order valence-electron chi connectivity index (χ0n) is 10.9. The predicted molar refractivity (Wildman–Crippen MR) is 72.0 cm³/mol. The second-order valence-electron chi connectivity index (χ2n) is 4.51. The molecule has 1 unspecified atom stereocenters. The number of carbonyl (C=O) groups is 1. The van der Waals surface area contributed by atoms with Crippen molar-refractivity contribution in [3.63, 3.8) is 0 Å². The van der Waals surface area contributed by atoms with Crippen LogP contribution in [0.15, 0.2) is 12.3 Å². The molecule has 0 aliphatic heterocycles. The molecule has 0 aromatic carbocycles. The summed E-state index contributed by atoms with van der Waals surface area (Å²) in [6, 6.07) is 1.94. The van der Waals surface area contributed by atoms with Gasteiger partial charge in [0.15, 0.2) is 0 Å². The summed E-state index contributed by atoms with van der Waals surface area (Å²) in [7, 11) is 1.89. The molecule has 1 aliphatic rings. The second kappa shape index (κ2) is 4.77. The molecule has 0 amide bonds. The number of carbonyl (C=O) groups excluding carboxylic acids is 1. The van der Waals surface area contributed by atoms with Gasteiger partial charge in [0, 0.05) is 18.1 Å². The van der Waals surface area contributed by atoms with Crippen molar-refractivity contribution in [2.24, 2.45) is 7.05 Å². The SMILES string of the molecule is CCOC(=O)C1CCc2sc(-c3ccnn3C)nc21. The lowest BCUT2D eigenvalue weighted by Crippen LogP contribution is -2.14. The quantitative estimate of drug-likeness (QED) is 0.807. The number of aromatic nitrogens is 3. The van der Waals surface area contributed by atoms with E-state index >= 15 is 0 Å². The van der Waals surface area contributed by atoms with Crippen LogP contribution in [0.5, 0.6) is 0 Å². The lowest BCUT2D eigenvalue weighted by Gasteiger charge is -2.07. The smallest absolute Gasteiger partial charge is 0.315 e. The van der Waals surface area contributed by atoms with E-state index in [0.29, 0.717) is 6.61 Å². The monoisotopic (exact) mass is 277 g/mol. The van der Waals surface area contributed by atoms with Gasteiger partial charge in [-0.1, -0.05) is 0 Å². The lowest BCUT2D eigenvalue weighted by molar-refractivity contribution is -0.145. The molecule has 0 N–H and O–H groups in total. The van der Waals surface area contributed by atoms with E-state index in [9.17, 15) is 4.79 Å². The highest BCUT2D eigenvalue weighted by Crippen LogP contribution is 2.40. The molecule has 100 valence electrons. The summed E-state index contributed by atoms with van der Waals surface area (Å²) in [5.41, 5.74) is 1.89. The Morgan fingerprint density at radius 2 is 2.47 bits per heavy atom. The van der Waals surface area contributed by atoms with Crippen LogP contribution in [-0.4, -0.2) is 27.3 Å². The first-order chi connectivity index (χ1) is 9.20. The molecule has 0 radical (unpaired) electrons. The van der Waals surface area contributed by atoms with Gasteiger partial charge in [-0.3, -0.25) is 9.48 Å². The van der Waals surface area contributed by atoms with Crippen LogP contribution < -0.4 is 0 Å². The average Bonchev–Trinajstić information content (AvgIpc) is 3.02. The van der Waals surface area contributed by atoms with Gasteiger partial charge >= 0.3 is 5.97 Å². The molecular formula is C13H15N3O2S. The van der Waals surface area contributed by atoms with Crippen molar-refractivity contribution in [2.75, 3.05) is 6.61 Å². The molecule has 6 heteroatoms. The molecule has 3 rings (SSSR count). The summed E-state index contributed by atoms with van der Waals surface area (Å²) >= 11 is 1.65. The maximum Gasteiger partial charge on any atom is 0.315 e. The number of fused-ring (bicyclic) bond motifs is 1. The van der Waals surface area contributed by atoms with Gasteiger partial charge < -0.3 is 4.74 Å². The van der Waals surface area contributed by atoms with Crippen molar-refractivity contribution in [3.05, 3.63) is 22.8 Å². The number of esters is 1. The molecule has 0 bridgehead atoms. The molecule has 2 aromatic rings. The maximum absolute atomic E-state index is 11.9. The number of aryl methyl sites for hydroxylation is 2. The first kappa shape index (κ1) is 12.3. The Kier molecular flexibility index (Phi) is 3.10. The van der Waals surface area contributed by atoms with E-state index in [1.807, 2.05) is 20.0 Å². The van der Waals surface area contributed by atoms with E-state index in [0.717, 1.165) is 29.2 Å². The normalized spacial score (nSPS) is 17.5. The molecule has 0 saturated carbocycles. The number of hydrogen-bond acceptors (Lipinski definition) is 5. The zero-order chi connectivity index (χ0) is 13.4. The summed E-state index contributed by atoms with van der Waals surface area (Å²) < 4.78 is 6.91. The molecule has 1 atom stereocenters. The first-order valence-corrected chi connectivity index (χ1v) is 7.17. The fraction of sp³-hybridized carbons (Fsp3) is 0.462. The van der Waals surface area contributed by atoms with Crippen molar-refractivity contribution in [2.45, 2.75) is 25.7 Å². The largest absolute Gasteiger partial charge is 0.465 e. The van der Waals surface area contributed by atoms with Gasteiger partial charge in [-0.2, -0.15) is 5.10 Å². The zero-order valence-corrected chi connectivity index (χ0v) is 11.7. The Balaban J connectivity index is 1.93. The van der Waals surface area contributed by atoms with Crippen LogP contribution >= 0.6 is 11.3 Å². The molecule has 2 aromatic heterocycles.